The molecule has 0 aliphatic carbocycles. The summed E-state index contributed by atoms with van der Waals surface area (Å²) in [6.45, 7) is -0.169. The Labute approximate surface area is 201 Å². The van der Waals surface area contributed by atoms with Gasteiger partial charge in [-0.15, -0.1) is 0 Å². The zero-order valence-electron chi connectivity index (χ0n) is 18.6. The van der Waals surface area contributed by atoms with Crippen LogP contribution in [0.5, 0.6) is 0 Å². The van der Waals surface area contributed by atoms with Gasteiger partial charge in [0.2, 0.25) is 6.23 Å². The van der Waals surface area contributed by atoms with Crippen molar-refractivity contribution in [2.75, 3.05) is 23.1 Å². The maximum absolute atomic E-state index is 12.5. The molecule has 0 radical (unpaired) electrons. The summed E-state index contributed by atoms with van der Waals surface area (Å²) < 4.78 is 34.6. The van der Waals surface area contributed by atoms with Crippen LogP contribution in [0.15, 0.2) is 77.7 Å². The molecule has 1 aliphatic rings. The van der Waals surface area contributed by atoms with Gasteiger partial charge in [0, 0.05) is 23.1 Å². The predicted molar refractivity (Wildman–Crippen MR) is 130 cm³/mol. The van der Waals surface area contributed by atoms with E-state index in [4.69, 9.17) is 20.6 Å². The van der Waals surface area contributed by atoms with Gasteiger partial charge in [0.25, 0.3) is 0 Å². The number of ether oxygens (including phenoxy) is 2. The van der Waals surface area contributed by atoms with Crippen molar-refractivity contribution in [1.82, 2.24) is 0 Å². The highest BCUT2D eigenvalue weighted by Crippen LogP contribution is 2.29. The average Bonchev–Trinajstić information content (AvgIpc) is 3.18. The molecule has 0 saturated carbocycles. The van der Waals surface area contributed by atoms with Gasteiger partial charge >= 0.3 is 12.2 Å². The van der Waals surface area contributed by atoms with Crippen molar-refractivity contribution >= 4 is 39.2 Å². The molecule has 4 rings (SSSR count). The minimum absolute atomic E-state index is 0.169. The lowest BCUT2D eigenvalue weighted by Gasteiger charge is -2.22. The molecule has 1 fully saturated rings. The lowest BCUT2D eigenvalue weighted by molar-refractivity contribution is 0.0975. The van der Waals surface area contributed by atoms with E-state index in [0.717, 1.165) is 11.2 Å². The minimum atomic E-state index is -3.42. The van der Waals surface area contributed by atoms with E-state index in [9.17, 15) is 18.0 Å². The Morgan fingerprint density at radius 1 is 1.11 bits per heavy atom. The number of nitrogens with one attached hydrogen (secondary N) is 2. The zero-order chi connectivity index (χ0) is 25.2. The Balaban J connectivity index is 1.47. The highest BCUT2D eigenvalue weighted by Gasteiger charge is 2.37. The van der Waals surface area contributed by atoms with E-state index in [2.05, 4.69) is 5.32 Å². The van der Waals surface area contributed by atoms with Gasteiger partial charge in [0.1, 0.15) is 12.4 Å². The monoisotopic (exact) mass is 494 g/mol. The first-order chi connectivity index (χ1) is 16.6. The normalized spacial score (nSPS) is 15.4. The Bertz CT molecular complexity index is 1410. The summed E-state index contributed by atoms with van der Waals surface area (Å²) in [7, 11) is -3.42. The van der Waals surface area contributed by atoms with Crippen LogP contribution in [0.1, 0.15) is 5.56 Å². The van der Waals surface area contributed by atoms with Crippen LogP contribution < -0.4 is 16.0 Å². The second-order valence-electron chi connectivity index (χ2n) is 7.74. The summed E-state index contributed by atoms with van der Waals surface area (Å²) >= 11 is 0. The van der Waals surface area contributed by atoms with Crippen LogP contribution in [0.4, 0.5) is 21.0 Å². The number of carbonyl (C=O) groups excluding carboxylic acids is 2. The largest absolute Gasteiger partial charge is 0.443 e. The van der Waals surface area contributed by atoms with E-state index < -0.39 is 28.3 Å². The van der Waals surface area contributed by atoms with Gasteiger partial charge in [-0.05, 0) is 35.9 Å². The molecular formula is C24H22N4O6S. The topological polar surface area (TPSA) is 152 Å². The summed E-state index contributed by atoms with van der Waals surface area (Å²) in [6.07, 6.45) is -1.39. The van der Waals surface area contributed by atoms with Crippen molar-refractivity contribution in [2.24, 2.45) is 5.73 Å². The van der Waals surface area contributed by atoms with E-state index in [0.29, 0.717) is 28.1 Å². The minimum Gasteiger partial charge on any atom is -0.443 e. The number of rotatable bonds is 6. The third-order valence-corrected chi connectivity index (χ3v) is 6.40. The maximum Gasteiger partial charge on any atom is 0.417 e. The fourth-order valence-corrected chi connectivity index (χ4v) is 4.53. The number of carbonyl (C=O) groups is 2. The molecule has 1 unspecified atom stereocenters. The number of anilines is 2. The highest BCUT2D eigenvalue weighted by molar-refractivity contribution is 7.90. The van der Waals surface area contributed by atoms with Gasteiger partial charge in [-0.1, -0.05) is 42.5 Å². The first-order valence-corrected chi connectivity index (χ1v) is 12.3. The second kappa shape index (κ2) is 9.47. The van der Waals surface area contributed by atoms with Crippen LogP contribution in [0, 0.1) is 5.41 Å². The molecule has 0 spiro atoms. The Morgan fingerprint density at radius 3 is 2.51 bits per heavy atom. The SMILES string of the molecule is CS(=O)(=O)c1ccccc1-c1ccc(NC(=O)OC2COC(=O)N2c2cccc(C(=N)N)c2)cc1. The van der Waals surface area contributed by atoms with Crippen molar-refractivity contribution in [3.63, 3.8) is 0 Å². The molecule has 0 aromatic heterocycles. The number of hydrogen-bond donors (Lipinski definition) is 3. The second-order valence-corrected chi connectivity index (χ2v) is 9.73. The molecule has 1 saturated heterocycles. The molecule has 4 N–H and O–H groups in total. The lowest BCUT2D eigenvalue weighted by Crippen LogP contribution is -2.38. The van der Waals surface area contributed by atoms with Gasteiger partial charge in [-0.2, -0.15) is 0 Å². The van der Waals surface area contributed by atoms with Crippen LogP contribution in [0.3, 0.4) is 0 Å². The quantitative estimate of drug-likeness (QED) is 0.350. The summed E-state index contributed by atoms with van der Waals surface area (Å²) in [5, 5.41) is 10.2. The molecule has 3 aromatic rings. The van der Waals surface area contributed by atoms with Gasteiger partial charge in [-0.3, -0.25) is 10.7 Å². The Morgan fingerprint density at radius 2 is 1.83 bits per heavy atom. The average molecular weight is 495 g/mol. The lowest BCUT2D eigenvalue weighted by atomic mass is 10.1. The fourth-order valence-electron chi connectivity index (χ4n) is 3.62. The molecule has 35 heavy (non-hydrogen) atoms. The molecule has 11 heteroatoms. The van der Waals surface area contributed by atoms with Crippen LogP contribution in [-0.4, -0.2) is 45.5 Å². The van der Waals surface area contributed by atoms with E-state index >= 15 is 0 Å². The zero-order valence-corrected chi connectivity index (χ0v) is 19.4. The molecule has 1 heterocycles. The number of nitrogen functional groups attached to an aromatic ring is 1. The standard InChI is InChI=1S/C24H22N4O6S/c1-35(31,32)20-8-3-2-7-19(20)15-9-11-17(12-10-15)27-23(29)34-21-14-33-24(30)28(21)18-6-4-5-16(13-18)22(25)26/h2-13,21H,14H2,1H3,(H3,25,26)(H,27,29). The summed E-state index contributed by atoms with van der Waals surface area (Å²) in [5.74, 6) is -0.169. The highest BCUT2D eigenvalue weighted by atomic mass is 32.2. The molecule has 3 aromatic carbocycles. The third-order valence-electron chi connectivity index (χ3n) is 5.24. The number of benzene rings is 3. The summed E-state index contributed by atoms with van der Waals surface area (Å²) in [5.41, 5.74) is 7.91. The number of hydrogen-bond acceptors (Lipinski definition) is 7. The van der Waals surface area contributed by atoms with E-state index in [1.807, 2.05) is 0 Å². The molecule has 2 amide bonds. The maximum atomic E-state index is 12.5. The number of amidine groups is 1. The molecule has 1 atom stereocenters. The van der Waals surface area contributed by atoms with Crippen LogP contribution in [0.2, 0.25) is 0 Å². The van der Waals surface area contributed by atoms with Crippen LogP contribution in [-0.2, 0) is 19.3 Å². The van der Waals surface area contributed by atoms with Crippen molar-refractivity contribution in [3.8, 4) is 11.1 Å². The summed E-state index contributed by atoms with van der Waals surface area (Å²) in [4.78, 5) is 26.1. The van der Waals surface area contributed by atoms with Gasteiger partial charge in [-0.25, -0.2) is 22.9 Å². The van der Waals surface area contributed by atoms with Gasteiger partial charge in [0.15, 0.2) is 9.84 Å². The summed E-state index contributed by atoms with van der Waals surface area (Å²) in [6, 6.07) is 19.6. The van der Waals surface area contributed by atoms with Gasteiger partial charge < -0.3 is 15.2 Å². The van der Waals surface area contributed by atoms with Crippen LogP contribution in [0.25, 0.3) is 11.1 Å². The third kappa shape index (κ3) is 5.25. The van der Waals surface area contributed by atoms with Crippen molar-refractivity contribution in [3.05, 3.63) is 78.4 Å². The van der Waals surface area contributed by atoms with E-state index in [-0.39, 0.29) is 17.3 Å². The Hall–Kier alpha value is -4.38. The number of sulfone groups is 1. The molecular weight excluding hydrogens is 472 g/mol. The molecule has 1 aliphatic heterocycles. The van der Waals surface area contributed by atoms with Crippen molar-refractivity contribution in [1.29, 1.82) is 5.41 Å². The van der Waals surface area contributed by atoms with Crippen molar-refractivity contribution in [2.45, 2.75) is 11.1 Å². The number of nitrogens with two attached hydrogens (primary N) is 1. The first-order valence-electron chi connectivity index (χ1n) is 10.4. The number of amides is 2. The fraction of sp³-hybridized carbons (Fsp3) is 0.125. The van der Waals surface area contributed by atoms with Crippen LogP contribution >= 0.6 is 0 Å². The first kappa shape index (κ1) is 23.8. The van der Waals surface area contributed by atoms with Crippen molar-refractivity contribution < 1.29 is 27.5 Å². The van der Waals surface area contributed by atoms with E-state index in [1.54, 1.807) is 60.7 Å². The van der Waals surface area contributed by atoms with E-state index in [1.165, 1.54) is 12.1 Å². The molecule has 180 valence electrons. The number of cyclic esters (lactones) is 1. The smallest absolute Gasteiger partial charge is 0.417 e. The molecule has 0 bridgehead atoms. The number of nitrogens with zero attached hydrogens (tertiary/aromatic N) is 1. The molecule has 10 nitrogen and oxygen atoms in total. The predicted octanol–water partition coefficient (Wildman–Crippen LogP) is 3.57. The Kier molecular flexibility index (Phi) is 6.43. The van der Waals surface area contributed by atoms with Gasteiger partial charge in [0.05, 0.1) is 10.6 Å².